The van der Waals surface area contributed by atoms with E-state index in [0.717, 1.165) is 6.07 Å². The van der Waals surface area contributed by atoms with Gasteiger partial charge in [0.05, 0.1) is 11.4 Å². The van der Waals surface area contributed by atoms with Crippen LogP contribution in [-0.4, -0.2) is 12.3 Å². The SMILES string of the molecule is C/C(=N/Nc1ccc(F)cc1F)c1ccccc1OC(F)F. The number of halogens is 4. The van der Waals surface area contributed by atoms with E-state index in [2.05, 4.69) is 15.3 Å². The molecule has 0 unspecified atom stereocenters. The Balaban J connectivity index is 2.22. The lowest BCUT2D eigenvalue weighted by Gasteiger charge is -2.10. The molecule has 2 aromatic carbocycles. The van der Waals surface area contributed by atoms with E-state index in [1.54, 1.807) is 25.1 Å². The molecular weight excluding hydrogens is 300 g/mol. The van der Waals surface area contributed by atoms with Gasteiger partial charge in [0.2, 0.25) is 0 Å². The maximum absolute atomic E-state index is 13.5. The summed E-state index contributed by atoms with van der Waals surface area (Å²) in [5, 5.41) is 3.90. The van der Waals surface area contributed by atoms with E-state index in [4.69, 9.17) is 0 Å². The van der Waals surface area contributed by atoms with Crippen molar-refractivity contribution >= 4 is 11.4 Å². The average molecular weight is 312 g/mol. The highest BCUT2D eigenvalue weighted by atomic mass is 19.3. The van der Waals surface area contributed by atoms with Crippen molar-refractivity contribution in [3.63, 3.8) is 0 Å². The summed E-state index contributed by atoms with van der Waals surface area (Å²) in [4.78, 5) is 0. The summed E-state index contributed by atoms with van der Waals surface area (Å²) in [5.41, 5.74) is 3.02. The molecule has 0 heterocycles. The van der Waals surface area contributed by atoms with Gasteiger partial charge < -0.3 is 4.74 Å². The third-order valence-electron chi connectivity index (χ3n) is 2.77. The molecule has 0 amide bonds. The van der Waals surface area contributed by atoms with E-state index in [0.29, 0.717) is 17.3 Å². The summed E-state index contributed by atoms with van der Waals surface area (Å²) < 4.78 is 55.3. The Morgan fingerprint density at radius 2 is 1.86 bits per heavy atom. The second kappa shape index (κ2) is 6.93. The van der Waals surface area contributed by atoms with Crippen LogP contribution < -0.4 is 10.2 Å². The molecule has 3 nitrogen and oxygen atoms in total. The summed E-state index contributed by atoms with van der Waals surface area (Å²) in [6.07, 6.45) is 0. The van der Waals surface area contributed by atoms with Gasteiger partial charge in [-0.25, -0.2) is 8.78 Å². The molecule has 0 saturated carbocycles. The van der Waals surface area contributed by atoms with Crippen LogP contribution in [0.2, 0.25) is 0 Å². The predicted molar refractivity (Wildman–Crippen MR) is 75.3 cm³/mol. The average Bonchev–Trinajstić information content (AvgIpc) is 2.46. The lowest BCUT2D eigenvalue weighted by atomic mass is 10.1. The van der Waals surface area contributed by atoms with Crippen molar-refractivity contribution in [2.24, 2.45) is 5.10 Å². The van der Waals surface area contributed by atoms with E-state index in [1.807, 2.05) is 0 Å². The van der Waals surface area contributed by atoms with Crippen molar-refractivity contribution in [3.05, 3.63) is 59.7 Å². The highest BCUT2D eigenvalue weighted by Crippen LogP contribution is 2.21. The quantitative estimate of drug-likeness (QED) is 0.504. The van der Waals surface area contributed by atoms with Crippen molar-refractivity contribution in [3.8, 4) is 5.75 Å². The Labute approximate surface area is 124 Å². The number of hydrazone groups is 1. The Kier molecular flexibility index (Phi) is 4.98. The summed E-state index contributed by atoms with van der Waals surface area (Å²) in [6.45, 7) is -1.42. The molecule has 0 spiro atoms. The topological polar surface area (TPSA) is 33.6 Å². The van der Waals surface area contributed by atoms with E-state index in [9.17, 15) is 17.6 Å². The minimum absolute atomic E-state index is 0.0343. The number of hydrogen-bond donors (Lipinski definition) is 1. The maximum atomic E-state index is 13.5. The first-order valence-electron chi connectivity index (χ1n) is 6.27. The molecule has 0 radical (unpaired) electrons. The van der Waals surface area contributed by atoms with E-state index in [1.165, 1.54) is 12.1 Å². The van der Waals surface area contributed by atoms with Gasteiger partial charge in [-0.15, -0.1) is 0 Å². The monoisotopic (exact) mass is 312 g/mol. The number of ether oxygens (including phenoxy) is 1. The fourth-order valence-corrected chi connectivity index (χ4v) is 1.75. The molecule has 22 heavy (non-hydrogen) atoms. The lowest BCUT2D eigenvalue weighted by Crippen LogP contribution is -2.08. The normalized spacial score (nSPS) is 11.6. The number of benzene rings is 2. The number of nitrogens with zero attached hydrogens (tertiary/aromatic N) is 1. The number of alkyl halides is 2. The fraction of sp³-hybridized carbons (Fsp3) is 0.133. The van der Waals surface area contributed by atoms with E-state index < -0.39 is 18.2 Å². The number of hydrogen-bond acceptors (Lipinski definition) is 3. The Bertz CT molecular complexity index is 689. The lowest BCUT2D eigenvalue weighted by molar-refractivity contribution is -0.0499. The van der Waals surface area contributed by atoms with Crippen LogP contribution >= 0.6 is 0 Å². The zero-order valence-corrected chi connectivity index (χ0v) is 11.5. The molecule has 0 saturated heterocycles. The fourth-order valence-electron chi connectivity index (χ4n) is 1.75. The Morgan fingerprint density at radius 1 is 1.14 bits per heavy atom. The van der Waals surface area contributed by atoms with Crippen LogP contribution in [0.3, 0.4) is 0 Å². The molecule has 1 N–H and O–H groups in total. The molecule has 116 valence electrons. The van der Waals surface area contributed by atoms with Crippen LogP contribution in [0.25, 0.3) is 0 Å². The Hall–Kier alpha value is -2.57. The molecule has 0 bridgehead atoms. The van der Waals surface area contributed by atoms with Gasteiger partial charge in [-0.1, -0.05) is 12.1 Å². The van der Waals surface area contributed by atoms with Crippen LogP contribution in [-0.2, 0) is 0 Å². The van der Waals surface area contributed by atoms with Crippen molar-refractivity contribution in [1.29, 1.82) is 0 Å². The molecule has 2 aromatic rings. The van der Waals surface area contributed by atoms with Gasteiger partial charge in [0, 0.05) is 11.6 Å². The van der Waals surface area contributed by atoms with Gasteiger partial charge in [0.25, 0.3) is 0 Å². The van der Waals surface area contributed by atoms with Crippen LogP contribution in [0.1, 0.15) is 12.5 Å². The number of para-hydroxylation sites is 1. The van der Waals surface area contributed by atoms with E-state index >= 15 is 0 Å². The zero-order chi connectivity index (χ0) is 16.1. The second-order valence-corrected chi connectivity index (χ2v) is 4.31. The molecule has 0 atom stereocenters. The van der Waals surface area contributed by atoms with Crippen LogP contribution in [0.4, 0.5) is 23.2 Å². The first-order chi connectivity index (χ1) is 10.5. The highest BCUT2D eigenvalue weighted by molar-refractivity contribution is 6.01. The molecule has 0 aliphatic carbocycles. The number of anilines is 1. The van der Waals surface area contributed by atoms with Crippen molar-refractivity contribution in [2.75, 3.05) is 5.43 Å². The van der Waals surface area contributed by atoms with Crippen LogP contribution in [0.15, 0.2) is 47.6 Å². The zero-order valence-electron chi connectivity index (χ0n) is 11.5. The van der Waals surface area contributed by atoms with Crippen molar-refractivity contribution in [2.45, 2.75) is 13.5 Å². The molecule has 0 aromatic heterocycles. The van der Waals surface area contributed by atoms with Gasteiger partial charge >= 0.3 is 6.61 Å². The maximum Gasteiger partial charge on any atom is 0.387 e. The van der Waals surface area contributed by atoms with Gasteiger partial charge in [-0.2, -0.15) is 13.9 Å². The first-order valence-corrected chi connectivity index (χ1v) is 6.27. The van der Waals surface area contributed by atoms with Crippen molar-refractivity contribution in [1.82, 2.24) is 0 Å². The van der Waals surface area contributed by atoms with Gasteiger partial charge in [-0.05, 0) is 31.2 Å². The number of rotatable bonds is 5. The molecule has 0 aliphatic rings. The Morgan fingerprint density at radius 3 is 2.55 bits per heavy atom. The van der Waals surface area contributed by atoms with Gasteiger partial charge in [0.15, 0.2) is 5.82 Å². The summed E-state index contributed by atoms with van der Waals surface area (Å²) in [7, 11) is 0. The second-order valence-electron chi connectivity index (χ2n) is 4.31. The van der Waals surface area contributed by atoms with Gasteiger partial charge in [-0.3, -0.25) is 5.43 Å². The van der Waals surface area contributed by atoms with Crippen LogP contribution in [0.5, 0.6) is 5.75 Å². The summed E-state index contributed by atoms with van der Waals surface area (Å²) >= 11 is 0. The predicted octanol–water partition coefficient (Wildman–Crippen LogP) is 4.40. The molecule has 7 heteroatoms. The molecule has 2 rings (SSSR count). The molecule has 0 aliphatic heterocycles. The minimum atomic E-state index is -2.96. The van der Waals surface area contributed by atoms with Crippen LogP contribution in [0, 0.1) is 11.6 Å². The minimum Gasteiger partial charge on any atom is -0.434 e. The third kappa shape index (κ3) is 3.97. The largest absolute Gasteiger partial charge is 0.434 e. The molecular formula is C15H12F4N2O. The smallest absolute Gasteiger partial charge is 0.387 e. The number of nitrogens with one attached hydrogen (secondary N) is 1. The van der Waals surface area contributed by atoms with Crippen molar-refractivity contribution < 1.29 is 22.3 Å². The van der Waals surface area contributed by atoms with Gasteiger partial charge in [0.1, 0.15) is 11.6 Å². The third-order valence-corrected chi connectivity index (χ3v) is 2.77. The standard InChI is InChI=1S/C15H12F4N2O/c1-9(11-4-2-3-5-14(11)22-15(18)19)20-21-13-7-6-10(16)8-12(13)17/h2-8,15,21H,1H3/b20-9-. The highest BCUT2D eigenvalue weighted by Gasteiger charge is 2.11. The molecule has 0 fully saturated rings. The summed E-state index contributed by atoms with van der Waals surface area (Å²) in [6, 6.07) is 9.05. The summed E-state index contributed by atoms with van der Waals surface area (Å²) in [5.74, 6) is -1.56. The van der Waals surface area contributed by atoms with E-state index in [-0.39, 0.29) is 11.4 Å². The first kappa shape index (κ1) is 15.8.